The van der Waals surface area contributed by atoms with E-state index in [-0.39, 0.29) is 13.2 Å². The van der Waals surface area contributed by atoms with Crippen molar-refractivity contribution in [2.75, 3.05) is 0 Å². The molecule has 112 valence electrons. The second-order valence-corrected chi connectivity index (χ2v) is 4.98. The zero-order valence-corrected chi connectivity index (χ0v) is 12.2. The number of nitrogens with zero attached hydrogens (tertiary/aromatic N) is 2. The molecule has 1 N–H and O–H groups in total. The predicted octanol–water partition coefficient (Wildman–Crippen LogP) is 3.12. The summed E-state index contributed by atoms with van der Waals surface area (Å²) in [4.78, 5) is 4.33. The standard InChI is InChI=1S/C17H16N2O3/c1-12-4-2-6-14(8-12)17-18-16(22-19-17)11-21-15-7-3-5-13(9-15)10-20/h2-9,20H,10-11H2,1H3. The Morgan fingerprint density at radius 2 is 2.00 bits per heavy atom. The maximum Gasteiger partial charge on any atom is 0.264 e. The van der Waals surface area contributed by atoms with E-state index in [0.29, 0.717) is 17.5 Å². The third-order valence-corrected chi connectivity index (χ3v) is 3.19. The highest BCUT2D eigenvalue weighted by molar-refractivity contribution is 5.55. The number of aliphatic hydroxyl groups excluding tert-OH is 1. The Kier molecular flexibility index (Phi) is 4.16. The first kappa shape index (κ1) is 14.3. The third kappa shape index (κ3) is 3.32. The third-order valence-electron chi connectivity index (χ3n) is 3.19. The Balaban J connectivity index is 1.69. The first-order chi connectivity index (χ1) is 10.7. The molecule has 0 aliphatic rings. The van der Waals surface area contributed by atoms with E-state index in [2.05, 4.69) is 10.1 Å². The van der Waals surface area contributed by atoms with Gasteiger partial charge in [0, 0.05) is 5.56 Å². The molecule has 0 saturated heterocycles. The summed E-state index contributed by atoms with van der Waals surface area (Å²) in [5, 5.41) is 13.1. The van der Waals surface area contributed by atoms with Gasteiger partial charge in [0.05, 0.1) is 6.61 Å². The van der Waals surface area contributed by atoms with Crippen molar-refractivity contribution in [1.29, 1.82) is 0 Å². The first-order valence-corrected chi connectivity index (χ1v) is 6.97. The van der Waals surface area contributed by atoms with Crippen LogP contribution in [-0.2, 0) is 13.2 Å². The lowest BCUT2D eigenvalue weighted by molar-refractivity contribution is 0.241. The summed E-state index contributed by atoms with van der Waals surface area (Å²) in [6.45, 7) is 2.19. The summed E-state index contributed by atoms with van der Waals surface area (Å²) >= 11 is 0. The lowest BCUT2D eigenvalue weighted by Gasteiger charge is -2.04. The van der Waals surface area contributed by atoms with Crippen LogP contribution in [0.2, 0.25) is 0 Å². The summed E-state index contributed by atoms with van der Waals surface area (Å²) < 4.78 is 10.8. The van der Waals surface area contributed by atoms with E-state index >= 15 is 0 Å². The Hall–Kier alpha value is -2.66. The topological polar surface area (TPSA) is 68.4 Å². The van der Waals surface area contributed by atoms with Crippen molar-refractivity contribution in [2.24, 2.45) is 0 Å². The number of aryl methyl sites for hydroxylation is 1. The van der Waals surface area contributed by atoms with Gasteiger partial charge in [0.25, 0.3) is 5.89 Å². The summed E-state index contributed by atoms with van der Waals surface area (Å²) in [6, 6.07) is 15.2. The number of hydrogen-bond acceptors (Lipinski definition) is 5. The van der Waals surface area contributed by atoms with Crippen molar-refractivity contribution in [1.82, 2.24) is 10.1 Å². The van der Waals surface area contributed by atoms with Gasteiger partial charge in [-0.15, -0.1) is 0 Å². The molecule has 0 atom stereocenters. The Labute approximate surface area is 128 Å². The van der Waals surface area contributed by atoms with E-state index < -0.39 is 0 Å². The van der Waals surface area contributed by atoms with Gasteiger partial charge in [-0.2, -0.15) is 4.98 Å². The molecule has 3 rings (SSSR count). The molecule has 1 aromatic heterocycles. The number of benzene rings is 2. The van der Waals surface area contributed by atoms with Crippen LogP contribution in [0.25, 0.3) is 11.4 Å². The Morgan fingerprint density at radius 3 is 2.82 bits per heavy atom. The van der Waals surface area contributed by atoms with E-state index in [9.17, 15) is 0 Å². The quantitative estimate of drug-likeness (QED) is 0.783. The smallest absolute Gasteiger partial charge is 0.264 e. The van der Waals surface area contributed by atoms with Crippen LogP contribution in [0, 0.1) is 6.92 Å². The number of aliphatic hydroxyl groups is 1. The lowest BCUT2D eigenvalue weighted by Crippen LogP contribution is -1.96. The second kappa shape index (κ2) is 6.41. The largest absolute Gasteiger partial charge is 0.484 e. The number of ether oxygens (including phenoxy) is 1. The van der Waals surface area contributed by atoms with Crippen molar-refractivity contribution in [3.63, 3.8) is 0 Å². The number of aromatic nitrogens is 2. The first-order valence-electron chi connectivity index (χ1n) is 6.97. The minimum atomic E-state index is -0.0186. The molecule has 5 nitrogen and oxygen atoms in total. The van der Waals surface area contributed by atoms with Crippen LogP contribution >= 0.6 is 0 Å². The molecule has 0 fully saturated rings. The fourth-order valence-corrected chi connectivity index (χ4v) is 2.09. The van der Waals surface area contributed by atoms with Crippen molar-refractivity contribution in [2.45, 2.75) is 20.1 Å². The minimum Gasteiger partial charge on any atom is -0.484 e. The van der Waals surface area contributed by atoms with Gasteiger partial charge in [-0.25, -0.2) is 0 Å². The maximum atomic E-state index is 9.10. The normalized spacial score (nSPS) is 10.6. The van der Waals surface area contributed by atoms with Crippen LogP contribution in [0.15, 0.2) is 53.1 Å². The van der Waals surface area contributed by atoms with Gasteiger partial charge in [-0.05, 0) is 30.7 Å². The van der Waals surface area contributed by atoms with Crippen molar-refractivity contribution < 1.29 is 14.4 Å². The molecular weight excluding hydrogens is 280 g/mol. The average Bonchev–Trinajstić information content (AvgIpc) is 3.02. The zero-order valence-electron chi connectivity index (χ0n) is 12.2. The lowest BCUT2D eigenvalue weighted by atomic mass is 10.1. The van der Waals surface area contributed by atoms with E-state index in [1.807, 2.05) is 49.4 Å². The van der Waals surface area contributed by atoms with Gasteiger partial charge >= 0.3 is 0 Å². The highest BCUT2D eigenvalue weighted by Crippen LogP contribution is 2.18. The van der Waals surface area contributed by atoms with Gasteiger partial charge in [-0.1, -0.05) is 41.1 Å². The van der Waals surface area contributed by atoms with E-state index in [1.165, 1.54) is 0 Å². The molecule has 0 aliphatic carbocycles. The van der Waals surface area contributed by atoms with Gasteiger partial charge in [0.1, 0.15) is 5.75 Å². The van der Waals surface area contributed by atoms with Crippen LogP contribution in [-0.4, -0.2) is 15.2 Å². The maximum absolute atomic E-state index is 9.10. The molecule has 0 spiro atoms. The molecular formula is C17H16N2O3. The van der Waals surface area contributed by atoms with Crippen LogP contribution in [0.5, 0.6) is 5.75 Å². The summed E-state index contributed by atoms with van der Waals surface area (Å²) in [5.74, 6) is 1.61. The SMILES string of the molecule is Cc1cccc(-c2noc(COc3cccc(CO)c3)n2)c1. The van der Waals surface area contributed by atoms with E-state index in [1.54, 1.807) is 6.07 Å². The zero-order chi connectivity index (χ0) is 15.4. The molecule has 0 amide bonds. The van der Waals surface area contributed by atoms with Gasteiger partial charge in [0.2, 0.25) is 5.82 Å². The predicted molar refractivity (Wildman–Crippen MR) is 81.2 cm³/mol. The summed E-state index contributed by atoms with van der Waals surface area (Å²) in [5.41, 5.74) is 2.85. The molecule has 5 heteroatoms. The Bertz CT molecular complexity index is 768. The van der Waals surface area contributed by atoms with Crippen LogP contribution in [0.4, 0.5) is 0 Å². The summed E-state index contributed by atoms with van der Waals surface area (Å²) in [6.07, 6.45) is 0. The van der Waals surface area contributed by atoms with Gasteiger partial charge < -0.3 is 14.4 Å². The van der Waals surface area contributed by atoms with E-state index in [0.717, 1.165) is 16.7 Å². The second-order valence-electron chi connectivity index (χ2n) is 4.98. The van der Waals surface area contributed by atoms with Crippen molar-refractivity contribution in [3.8, 4) is 17.1 Å². The van der Waals surface area contributed by atoms with E-state index in [4.69, 9.17) is 14.4 Å². The molecule has 3 aromatic rings. The fourth-order valence-electron chi connectivity index (χ4n) is 2.09. The molecule has 0 unspecified atom stereocenters. The molecule has 22 heavy (non-hydrogen) atoms. The molecule has 0 saturated carbocycles. The minimum absolute atomic E-state index is 0.0186. The highest BCUT2D eigenvalue weighted by Gasteiger charge is 2.09. The van der Waals surface area contributed by atoms with Crippen LogP contribution < -0.4 is 4.74 Å². The van der Waals surface area contributed by atoms with Gasteiger partial charge in [0.15, 0.2) is 6.61 Å². The highest BCUT2D eigenvalue weighted by atomic mass is 16.5. The fraction of sp³-hybridized carbons (Fsp3) is 0.176. The number of rotatable bonds is 5. The monoisotopic (exact) mass is 296 g/mol. The molecule has 0 radical (unpaired) electrons. The van der Waals surface area contributed by atoms with Crippen LogP contribution in [0.3, 0.4) is 0 Å². The molecule has 1 heterocycles. The number of hydrogen-bond donors (Lipinski definition) is 1. The van der Waals surface area contributed by atoms with Crippen LogP contribution in [0.1, 0.15) is 17.0 Å². The average molecular weight is 296 g/mol. The molecule has 0 aliphatic heterocycles. The van der Waals surface area contributed by atoms with Gasteiger partial charge in [-0.3, -0.25) is 0 Å². The van der Waals surface area contributed by atoms with Crippen molar-refractivity contribution in [3.05, 3.63) is 65.5 Å². The molecule has 0 bridgehead atoms. The summed E-state index contributed by atoms with van der Waals surface area (Å²) in [7, 11) is 0. The molecule has 2 aromatic carbocycles. The van der Waals surface area contributed by atoms with Crippen molar-refractivity contribution >= 4 is 0 Å². The Morgan fingerprint density at radius 1 is 1.14 bits per heavy atom.